The second-order valence-corrected chi connectivity index (χ2v) is 29.6. The maximum Gasteiger partial charge on any atom is 0.0793 e. The summed E-state index contributed by atoms with van der Waals surface area (Å²) in [7, 11) is 0. The first-order chi connectivity index (χ1) is 38.4. The van der Waals surface area contributed by atoms with Crippen LogP contribution < -0.4 is 0 Å². The van der Waals surface area contributed by atoms with E-state index in [0.29, 0.717) is 0 Å². The van der Waals surface area contributed by atoms with Gasteiger partial charge in [-0.05, 0) is 135 Å². The molecule has 0 radical (unpaired) electrons. The average Bonchev–Trinajstić information content (AvgIpc) is 4.47. The minimum absolute atomic E-state index is 0.982. The van der Waals surface area contributed by atoms with Gasteiger partial charge in [0.05, 0.1) is 38.3 Å². The van der Waals surface area contributed by atoms with Gasteiger partial charge in [0, 0.05) is 71.3 Å². The molecule has 0 atom stereocenters. The molecule has 0 saturated carbocycles. The lowest BCUT2D eigenvalue weighted by Crippen LogP contribution is -1.93. The van der Waals surface area contributed by atoms with Crippen molar-refractivity contribution >= 4 is 150 Å². The van der Waals surface area contributed by atoms with E-state index < -0.39 is 0 Å². The van der Waals surface area contributed by atoms with Gasteiger partial charge < -0.3 is 0 Å². The van der Waals surface area contributed by atoms with Gasteiger partial charge in [-0.25, -0.2) is 0 Å². The number of unbranched alkanes of at least 4 members (excludes halogenated alkanes) is 12. The van der Waals surface area contributed by atoms with Crippen LogP contribution in [0.2, 0.25) is 0 Å². The van der Waals surface area contributed by atoms with E-state index in [0.717, 1.165) is 76.1 Å². The van der Waals surface area contributed by atoms with Gasteiger partial charge in [-0.2, -0.15) is 0 Å². The minimum Gasteiger partial charge on any atom is -0.138 e. The zero-order valence-electron chi connectivity index (χ0n) is 45.5. The van der Waals surface area contributed by atoms with Gasteiger partial charge in [0.15, 0.2) is 0 Å². The van der Waals surface area contributed by atoms with Gasteiger partial charge in [0.2, 0.25) is 0 Å². The second-order valence-electron chi connectivity index (χ2n) is 20.7. The molecule has 8 heteroatoms. The number of hydrogen-bond donors (Lipinski definition) is 0. The Hall–Kier alpha value is -4.94. The predicted molar refractivity (Wildman–Crippen MR) is 356 cm³/mol. The first-order valence-electron chi connectivity index (χ1n) is 28.6. The Labute approximate surface area is 495 Å². The molecule has 0 unspecified atom stereocenters. The van der Waals surface area contributed by atoms with Gasteiger partial charge in [-0.15, -0.1) is 90.7 Å². The lowest BCUT2D eigenvalue weighted by atomic mass is 9.90. The molecule has 394 valence electrons. The molecule has 0 aliphatic heterocycles. The summed E-state index contributed by atoms with van der Waals surface area (Å²) < 4.78 is 11.2. The molecule has 0 saturated heterocycles. The van der Waals surface area contributed by atoms with Gasteiger partial charge >= 0.3 is 0 Å². The van der Waals surface area contributed by atoms with Gasteiger partial charge in [-0.3, -0.25) is 0 Å². The molecule has 0 aliphatic rings. The Morgan fingerprint density at radius 3 is 1.05 bits per heavy atom. The molecule has 0 aliphatic carbocycles. The molecular weight excluding hydrogens is 1100 g/mol. The largest absolute Gasteiger partial charge is 0.138 e. The molecule has 0 bridgehead atoms. The monoisotopic (exact) mass is 1160 g/mol. The summed E-state index contributed by atoms with van der Waals surface area (Å²) in [6.45, 7) is 9.13. The van der Waals surface area contributed by atoms with Crippen LogP contribution in [-0.2, 0) is 25.7 Å². The molecule has 0 N–H and O–H groups in total. The first kappa shape index (κ1) is 55.0. The van der Waals surface area contributed by atoms with Crippen molar-refractivity contribution < 1.29 is 0 Å². The van der Waals surface area contributed by atoms with Crippen molar-refractivity contribution in [2.75, 3.05) is 0 Å². The second kappa shape index (κ2) is 26.6. The standard InChI is InChI=1S/C70H66S8/c1-5-9-13-17-21-49-31-33-51(71-49)29-25-47-27-37-57-60(40-36-56-46-66-70(76-56)68-64(78-66)44-54(74-68)24-20-16-12-8-4)62-42-48(26-30-52-34-32-50(72-52)22-18-14-10-6-2)28-38-58(62)59(61(57)41-47)39-35-55-45-65-69(75-55)67-63(77-65)43-53(73-67)23-19-15-11-7-3/h27-28,31-34,37-38,41-46H,5-24H2,1-4H3. The smallest absolute Gasteiger partial charge is 0.0793 e. The lowest BCUT2D eigenvalue weighted by Gasteiger charge is -2.12. The van der Waals surface area contributed by atoms with Crippen molar-refractivity contribution in [1.29, 1.82) is 0 Å². The fraction of sp³-hybridized carbons (Fsp3) is 0.343. The zero-order chi connectivity index (χ0) is 53.2. The highest BCUT2D eigenvalue weighted by Crippen LogP contribution is 2.46. The predicted octanol–water partition coefficient (Wildman–Crippen LogP) is 23.2. The molecular formula is C70H66S8. The summed E-state index contributed by atoms with van der Waals surface area (Å²) in [5.41, 5.74) is 3.99. The van der Waals surface area contributed by atoms with E-state index in [2.05, 4.69) is 160 Å². The van der Waals surface area contributed by atoms with Crippen LogP contribution in [-0.4, -0.2) is 0 Å². The Kier molecular flexibility index (Phi) is 18.7. The van der Waals surface area contributed by atoms with Crippen molar-refractivity contribution in [3.8, 4) is 47.4 Å². The Morgan fingerprint density at radius 1 is 0.269 bits per heavy atom. The van der Waals surface area contributed by atoms with Crippen LogP contribution in [0.1, 0.15) is 192 Å². The van der Waals surface area contributed by atoms with E-state index >= 15 is 0 Å². The van der Waals surface area contributed by atoms with E-state index in [-0.39, 0.29) is 0 Å². The average molecular weight is 1160 g/mol. The van der Waals surface area contributed by atoms with Crippen LogP contribution >= 0.6 is 90.7 Å². The summed E-state index contributed by atoms with van der Waals surface area (Å²) in [6, 6.07) is 31.9. The van der Waals surface area contributed by atoms with Crippen LogP contribution in [0.4, 0.5) is 0 Å². The Bertz CT molecular complexity index is 3880. The molecule has 11 rings (SSSR count). The summed E-state index contributed by atoms with van der Waals surface area (Å²) >= 11 is 15.2. The van der Waals surface area contributed by atoms with Crippen molar-refractivity contribution in [3.63, 3.8) is 0 Å². The van der Waals surface area contributed by atoms with E-state index in [4.69, 9.17) is 0 Å². The Balaban J connectivity index is 1.01. The van der Waals surface area contributed by atoms with Crippen LogP contribution in [0.25, 0.3) is 59.1 Å². The van der Waals surface area contributed by atoms with Crippen LogP contribution in [0.15, 0.2) is 84.9 Å². The molecule has 3 aromatic carbocycles. The van der Waals surface area contributed by atoms with Crippen molar-refractivity contribution in [3.05, 3.63) is 146 Å². The SMILES string of the molecule is CCCCCCc1ccc(C#Cc2ccc3c(C#Cc4cc5sc6cc(CCCCCC)sc6c5s4)c4cc(C#Cc5ccc(CCCCCC)s5)ccc4c(C#Cc4cc5sc6cc(CCCCCC)sc6c5s4)c3c2)s1. The normalized spacial score (nSPS) is 11.4. The fourth-order valence-electron chi connectivity index (χ4n) is 10.4. The fourth-order valence-corrected chi connectivity index (χ4v) is 20.1. The molecule has 8 heterocycles. The van der Waals surface area contributed by atoms with Crippen LogP contribution in [0.5, 0.6) is 0 Å². The molecule has 0 amide bonds. The Morgan fingerprint density at radius 2 is 0.641 bits per heavy atom. The van der Waals surface area contributed by atoms with Crippen LogP contribution in [0.3, 0.4) is 0 Å². The molecule has 8 aromatic heterocycles. The number of fused-ring (bicyclic) bond motifs is 8. The third-order valence-electron chi connectivity index (χ3n) is 14.6. The highest BCUT2D eigenvalue weighted by molar-refractivity contribution is 7.39. The molecule has 0 spiro atoms. The van der Waals surface area contributed by atoms with E-state index in [1.807, 2.05) is 90.7 Å². The van der Waals surface area contributed by atoms with Gasteiger partial charge in [0.1, 0.15) is 0 Å². The van der Waals surface area contributed by atoms with Crippen molar-refractivity contribution in [1.82, 2.24) is 0 Å². The van der Waals surface area contributed by atoms with E-state index in [9.17, 15) is 0 Å². The molecule has 78 heavy (non-hydrogen) atoms. The lowest BCUT2D eigenvalue weighted by molar-refractivity contribution is 0.670. The number of aryl methyl sites for hydroxylation is 4. The quantitative estimate of drug-likeness (QED) is 0.0405. The number of thiophene rings is 8. The van der Waals surface area contributed by atoms with E-state index in [1.165, 1.54) is 173 Å². The molecule has 0 nitrogen and oxygen atoms in total. The molecule has 11 aromatic rings. The molecule has 0 fully saturated rings. The zero-order valence-corrected chi connectivity index (χ0v) is 52.0. The van der Waals surface area contributed by atoms with Crippen molar-refractivity contribution in [2.45, 2.75) is 156 Å². The van der Waals surface area contributed by atoms with Crippen LogP contribution in [0, 0.1) is 47.4 Å². The highest BCUT2D eigenvalue weighted by Gasteiger charge is 2.17. The number of benzene rings is 3. The topological polar surface area (TPSA) is 0 Å². The summed E-state index contributed by atoms with van der Waals surface area (Å²) in [4.78, 5) is 10.3. The van der Waals surface area contributed by atoms with Crippen molar-refractivity contribution in [2.24, 2.45) is 0 Å². The van der Waals surface area contributed by atoms with Gasteiger partial charge in [0.25, 0.3) is 0 Å². The maximum atomic E-state index is 3.83. The first-order valence-corrected chi connectivity index (χ1v) is 35.1. The summed E-state index contributed by atoms with van der Waals surface area (Å²) in [6.07, 6.45) is 25.1. The third kappa shape index (κ3) is 13.1. The summed E-state index contributed by atoms with van der Waals surface area (Å²) in [5, 5.41) is 4.36. The van der Waals surface area contributed by atoms with Gasteiger partial charge in [-0.1, -0.05) is 164 Å². The number of rotatable bonds is 20. The maximum absolute atomic E-state index is 3.83. The summed E-state index contributed by atoms with van der Waals surface area (Å²) in [5.74, 6) is 29.4. The minimum atomic E-state index is 0.982. The number of hydrogen-bond acceptors (Lipinski definition) is 8. The third-order valence-corrected chi connectivity index (χ3v) is 24.2. The van der Waals surface area contributed by atoms with E-state index in [1.54, 1.807) is 0 Å². The highest BCUT2D eigenvalue weighted by atomic mass is 32.1.